The van der Waals surface area contributed by atoms with Crippen molar-refractivity contribution in [1.82, 2.24) is 5.32 Å². The van der Waals surface area contributed by atoms with Gasteiger partial charge in [-0.1, -0.05) is 17.7 Å². The van der Waals surface area contributed by atoms with Crippen LogP contribution < -0.4 is 10.2 Å². The van der Waals surface area contributed by atoms with E-state index in [0.717, 1.165) is 36.5 Å². The third-order valence-corrected chi connectivity index (χ3v) is 7.31. The van der Waals surface area contributed by atoms with Crippen LogP contribution in [0.2, 0.25) is 5.02 Å². The minimum Gasteiger partial charge on any atom is -0.371 e. The van der Waals surface area contributed by atoms with Gasteiger partial charge < -0.3 is 10.2 Å². The molecule has 2 aliphatic rings. The van der Waals surface area contributed by atoms with E-state index in [1.165, 1.54) is 18.5 Å². The molecule has 0 saturated carbocycles. The van der Waals surface area contributed by atoms with E-state index in [-0.39, 0.29) is 5.25 Å². The zero-order valence-corrected chi connectivity index (χ0v) is 14.3. The number of hydrogen-bond acceptors (Lipinski definition) is 4. The highest BCUT2D eigenvalue weighted by molar-refractivity contribution is 7.92. The second-order valence-corrected chi connectivity index (χ2v) is 9.00. The van der Waals surface area contributed by atoms with E-state index >= 15 is 0 Å². The number of hydrogen-bond donors (Lipinski definition) is 1. The Morgan fingerprint density at radius 3 is 2.68 bits per heavy atom. The Hall–Kier alpha value is -0.780. The van der Waals surface area contributed by atoms with Crippen LogP contribution in [0.1, 0.15) is 31.2 Å². The number of anilines is 1. The van der Waals surface area contributed by atoms with E-state index in [1.54, 1.807) is 0 Å². The van der Waals surface area contributed by atoms with Crippen molar-refractivity contribution in [2.75, 3.05) is 30.3 Å². The second kappa shape index (κ2) is 6.77. The predicted octanol–water partition coefficient (Wildman–Crippen LogP) is 2.61. The average molecular weight is 343 g/mol. The quantitative estimate of drug-likeness (QED) is 0.893. The SMILES string of the molecule is O=S1(=O)CCCC1CNCc1c(Cl)cccc1N1CCCC1. The molecule has 0 amide bonds. The van der Waals surface area contributed by atoms with Gasteiger partial charge in [-0.3, -0.25) is 0 Å². The van der Waals surface area contributed by atoms with Crippen molar-refractivity contribution in [1.29, 1.82) is 0 Å². The molecule has 22 heavy (non-hydrogen) atoms. The highest BCUT2D eigenvalue weighted by atomic mass is 35.5. The molecule has 1 atom stereocenters. The zero-order chi connectivity index (χ0) is 15.6. The van der Waals surface area contributed by atoms with E-state index in [4.69, 9.17) is 11.6 Å². The topological polar surface area (TPSA) is 49.4 Å². The molecule has 1 aromatic rings. The number of sulfone groups is 1. The summed E-state index contributed by atoms with van der Waals surface area (Å²) in [7, 11) is -2.88. The second-order valence-electron chi connectivity index (χ2n) is 6.19. The van der Waals surface area contributed by atoms with E-state index in [9.17, 15) is 8.42 Å². The molecule has 0 spiro atoms. The van der Waals surface area contributed by atoms with Crippen LogP contribution >= 0.6 is 11.6 Å². The van der Waals surface area contributed by atoms with Crippen molar-refractivity contribution in [2.24, 2.45) is 0 Å². The van der Waals surface area contributed by atoms with Crippen LogP contribution in [0, 0.1) is 0 Å². The summed E-state index contributed by atoms with van der Waals surface area (Å²) in [6.45, 7) is 3.29. The minimum atomic E-state index is -2.88. The van der Waals surface area contributed by atoms with Gasteiger partial charge in [0.2, 0.25) is 0 Å². The van der Waals surface area contributed by atoms with Gasteiger partial charge in [-0.25, -0.2) is 8.42 Å². The molecule has 2 saturated heterocycles. The Balaban J connectivity index is 1.67. The monoisotopic (exact) mass is 342 g/mol. The van der Waals surface area contributed by atoms with Crippen molar-refractivity contribution in [2.45, 2.75) is 37.5 Å². The Morgan fingerprint density at radius 2 is 2.00 bits per heavy atom. The summed E-state index contributed by atoms with van der Waals surface area (Å²) in [6, 6.07) is 6.01. The van der Waals surface area contributed by atoms with E-state index in [0.29, 0.717) is 18.8 Å². The molecule has 0 aromatic heterocycles. The third kappa shape index (κ3) is 3.42. The summed E-state index contributed by atoms with van der Waals surface area (Å²) < 4.78 is 23.7. The van der Waals surface area contributed by atoms with Crippen molar-refractivity contribution in [3.8, 4) is 0 Å². The molecular formula is C16H23ClN2O2S. The molecule has 4 nitrogen and oxygen atoms in total. The maximum absolute atomic E-state index is 11.9. The standard InChI is InChI=1S/C16H23ClN2O2S/c17-15-6-3-7-16(19-8-1-2-9-19)14(15)12-18-11-13-5-4-10-22(13,20)21/h3,6-7,13,18H,1-2,4-5,8-12H2. The normalized spacial score (nSPS) is 24.0. The predicted molar refractivity (Wildman–Crippen MR) is 91.4 cm³/mol. The summed E-state index contributed by atoms with van der Waals surface area (Å²) in [5, 5.41) is 3.84. The molecule has 1 aromatic carbocycles. The molecule has 0 aliphatic carbocycles. The molecule has 1 unspecified atom stereocenters. The van der Waals surface area contributed by atoms with Crippen molar-refractivity contribution in [3.05, 3.63) is 28.8 Å². The number of nitrogens with one attached hydrogen (secondary N) is 1. The lowest BCUT2D eigenvalue weighted by Crippen LogP contribution is -2.31. The van der Waals surface area contributed by atoms with Gasteiger partial charge in [0.1, 0.15) is 0 Å². The van der Waals surface area contributed by atoms with Crippen LogP contribution in [0.4, 0.5) is 5.69 Å². The number of benzene rings is 1. The minimum absolute atomic E-state index is 0.231. The maximum Gasteiger partial charge on any atom is 0.154 e. The Kier molecular flexibility index (Phi) is 4.95. The molecule has 3 rings (SSSR count). The Bertz CT molecular complexity index is 627. The van der Waals surface area contributed by atoms with Crippen molar-refractivity contribution < 1.29 is 8.42 Å². The van der Waals surface area contributed by atoms with Gasteiger partial charge in [-0.2, -0.15) is 0 Å². The number of nitrogens with zero attached hydrogens (tertiary/aromatic N) is 1. The summed E-state index contributed by atoms with van der Waals surface area (Å²) in [5.41, 5.74) is 2.27. The van der Waals surface area contributed by atoms with Gasteiger partial charge in [0.05, 0.1) is 11.0 Å². The van der Waals surface area contributed by atoms with Crippen LogP contribution in [0.3, 0.4) is 0 Å². The average Bonchev–Trinajstić information content (AvgIpc) is 3.10. The Labute approximate surface area is 137 Å². The summed E-state index contributed by atoms with van der Waals surface area (Å²) in [6.07, 6.45) is 4.01. The van der Waals surface area contributed by atoms with E-state index in [2.05, 4.69) is 16.3 Å². The van der Waals surface area contributed by atoms with Crippen molar-refractivity contribution in [3.63, 3.8) is 0 Å². The lowest BCUT2D eigenvalue weighted by molar-refractivity contribution is 0.574. The largest absolute Gasteiger partial charge is 0.371 e. The summed E-state index contributed by atoms with van der Waals surface area (Å²) >= 11 is 6.37. The molecule has 2 fully saturated rings. The highest BCUT2D eigenvalue weighted by Gasteiger charge is 2.30. The van der Waals surface area contributed by atoms with Crippen LogP contribution in [-0.2, 0) is 16.4 Å². The van der Waals surface area contributed by atoms with Gasteiger partial charge in [0, 0.05) is 42.5 Å². The lowest BCUT2D eigenvalue weighted by Gasteiger charge is -2.23. The zero-order valence-electron chi connectivity index (χ0n) is 12.7. The molecule has 0 radical (unpaired) electrons. The molecular weight excluding hydrogens is 320 g/mol. The fourth-order valence-electron chi connectivity index (χ4n) is 3.42. The molecule has 2 heterocycles. The Morgan fingerprint density at radius 1 is 1.23 bits per heavy atom. The first-order chi connectivity index (χ1) is 10.6. The number of rotatable bonds is 5. The van der Waals surface area contributed by atoms with Crippen LogP contribution in [0.25, 0.3) is 0 Å². The van der Waals surface area contributed by atoms with Crippen LogP contribution in [0.5, 0.6) is 0 Å². The first-order valence-electron chi connectivity index (χ1n) is 8.02. The lowest BCUT2D eigenvalue weighted by atomic mass is 10.1. The van der Waals surface area contributed by atoms with Crippen molar-refractivity contribution >= 4 is 27.1 Å². The van der Waals surface area contributed by atoms with Gasteiger partial charge in [-0.15, -0.1) is 0 Å². The first-order valence-corrected chi connectivity index (χ1v) is 10.1. The van der Waals surface area contributed by atoms with Gasteiger partial charge in [0.25, 0.3) is 0 Å². The van der Waals surface area contributed by atoms with Gasteiger partial charge in [0.15, 0.2) is 9.84 Å². The maximum atomic E-state index is 11.9. The smallest absolute Gasteiger partial charge is 0.154 e. The van der Waals surface area contributed by atoms with E-state index < -0.39 is 9.84 Å². The van der Waals surface area contributed by atoms with Gasteiger partial charge >= 0.3 is 0 Å². The fraction of sp³-hybridized carbons (Fsp3) is 0.625. The fourth-order valence-corrected chi connectivity index (χ4v) is 5.46. The molecule has 6 heteroatoms. The molecule has 0 bridgehead atoms. The molecule has 1 N–H and O–H groups in total. The van der Waals surface area contributed by atoms with E-state index in [1.807, 2.05) is 12.1 Å². The third-order valence-electron chi connectivity index (χ3n) is 4.68. The summed E-state index contributed by atoms with van der Waals surface area (Å²) in [4.78, 5) is 2.37. The summed E-state index contributed by atoms with van der Waals surface area (Å²) in [5.74, 6) is 0.338. The van der Waals surface area contributed by atoms with Crippen LogP contribution in [-0.4, -0.2) is 39.1 Å². The molecule has 2 aliphatic heterocycles. The highest BCUT2D eigenvalue weighted by Crippen LogP contribution is 2.30. The molecule has 122 valence electrons. The number of halogens is 1. The van der Waals surface area contributed by atoms with Crippen LogP contribution in [0.15, 0.2) is 18.2 Å². The van der Waals surface area contributed by atoms with Gasteiger partial charge in [-0.05, 0) is 37.8 Å². The first kappa shape index (κ1) is 16.1.